The summed E-state index contributed by atoms with van der Waals surface area (Å²) in [5, 5.41) is 0. The Bertz CT molecular complexity index is 514. The quantitative estimate of drug-likeness (QED) is 0.862. The van der Waals surface area contributed by atoms with E-state index < -0.39 is 0 Å². The predicted molar refractivity (Wildman–Crippen MR) is 66.5 cm³/mol. The summed E-state index contributed by atoms with van der Waals surface area (Å²) in [5.74, 6) is 0. The maximum absolute atomic E-state index is 5.80. The number of hydrogen-bond acceptors (Lipinski definition) is 3. The molecule has 1 saturated heterocycles. The van der Waals surface area contributed by atoms with Crippen molar-refractivity contribution in [2.24, 2.45) is 5.73 Å². The van der Waals surface area contributed by atoms with E-state index in [1.54, 1.807) is 0 Å². The van der Waals surface area contributed by atoms with Crippen LogP contribution in [0.3, 0.4) is 0 Å². The number of benzene rings is 1. The molecule has 3 rings (SSSR count). The summed E-state index contributed by atoms with van der Waals surface area (Å²) in [4.78, 5) is 4.47. The van der Waals surface area contributed by atoms with Gasteiger partial charge in [0.2, 0.25) is 0 Å². The Morgan fingerprint density at radius 3 is 3.12 bits per heavy atom. The first kappa shape index (κ1) is 10.7. The van der Waals surface area contributed by atoms with Gasteiger partial charge in [-0.3, -0.25) is 0 Å². The van der Waals surface area contributed by atoms with E-state index in [-0.39, 0.29) is 6.23 Å². The molecular formula is C13H17N3O. The highest BCUT2D eigenvalue weighted by Crippen LogP contribution is 2.27. The third-order valence-electron chi connectivity index (χ3n) is 3.37. The molecular weight excluding hydrogens is 214 g/mol. The highest BCUT2D eigenvalue weighted by molar-refractivity contribution is 5.79. The second kappa shape index (κ2) is 4.47. The molecule has 1 unspecified atom stereocenters. The van der Waals surface area contributed by atoms with E-state index in [1.165, 1.54) is 6.42 Å². The molecule has 17 heavy (non-hydrogen) atoms. The molecule has 2 N–H and O–H groups in total. The van der Waals surface area contributed by atoms with Gasteiger partial charge in [0.05, 0.1) is 17.4 Å². The molecule has 1 aromatic heterocycles. The van der Waals surface area contributed by atoms with Crippen molar-refractivity contribution in [3.63, 3.8) is 0 Å². The van der Waals surface area contributed by atoms with Crippen molar-refractivity contribution in [2.45, 2.75) is 32.0 Å². The summed E-state index contributed by atoms with van der Waals surface area (Å²) in [6, 6.07) is 6.15. The molecule has 0 amide bonds. The highest BCUT2D eigenvalue weighted by atomic mass is 16.5. The molecule has 2 aromatic rings. The van der Waals surface area contributed by atoms with Crippen molar-refractivity contribution in [3.8, 4) is 0 Å². The summed E-state index contributed by atoms with van der Waals surface area (Å²) < 4.78 is 7.93. The van der Waals surface area contributed by atoms with Crippen LogP contribution < -0.4 is 5.73 Å². The number of fused-ring (bicyclic) bond motifs is 1. The van der Waals surface area contributed by atoms with E-state index in [0.29, 0.717) is 6.54 Å². The first-order chi connectivity index (χ1) is 8.40. The van der Waals surface area contributed by atoms with Crippen LogP contribution in [0.2, 0.25) is 0 Å². The van der Waals surface area contributed by atoms with Gasteiger partial charge in [-0.05, 0) is 30.9 Å². The molecule has 0 spiro atoms. The maximum Gasteiger partial charge on any atom is 0.135 e. The lowest BCUT2D eigenvalue weighted by molar-refractivity contribution is -0.0295. The van der Waals surface area contributed by atoms with Gasteiger partial charge in [-0.1, -0.05) is 12.1 Å². The monoisotopic (exact) mass is 231 g/mol. The van der Waals surface area contributed by atoms with Crippen LogP contribution in [0.25, 0.3) is 11.0 Å². The largest absolute Gasteiger partial charge is 0.358 e. The Labute approximate surface area is 100 Å². The molecule has 2 heterocycles. The Kier molecular flexibility index (Phi) is 2.82. The lowest BCUT2D eigenvalue weighted by Crippen LogP contribution is -2.17. The van der Waals surface area contributed by atoms with Crippen LogP contribution in [0.15, 0.2) is 24.5 Å². The minimum atomic E-state index is 0.141. The number of aromatic nitrogens is 2. The normalized spacial score (nSPS) is 20.9. The number of nitrogens with two attached hydrogens (primary N) is 1. The van der Waals surface area contributed by atoms with E-state index in [1.807, 2.05) is 18.5 Å². The van der Waals surface area contributed by atoms with Crippen LogP contribution in [0.4, 0.5) is 0 Å². The van der Waals surface area contributed by atoms with Gasteiger partial charge in [-0.25, -0.2) is 4.98 Å². The number of rotatable bonds is 2. The molecule has 0 radical (unpaired) electrons. The molecule has 0 aliphatic carbocycles. The SMILES string of the molecule is NCc1cccc2c1ncn2C1CCCCO1. The highest BCUT2D eigenvalue weighted by Gasteiger charge is 2.18. The zero-order valence-corrected chi connectivity index (χ0v) is 9.80. The zero-order valence-electron chi connectivity index (χ0n) is 9.80. The van der Waals surface area contributed by atoms with E-state index in [9.17, 15) is 0 Å². The van der Waals surface area contributed by atoms with Crippen LogP contribution in [-0.4, -0.2) is 16.2 Å². The standard InChI is InChI=1S/C13H17N3O/c14-8-10-4-3-5-11-13(10)15-9-16(11)12-6-1-2-7-17-12/h3-5,9,12H,1-2,6-8,14H2. The van der Waals surface area contributed by atoms with Crippen LogP contribution in [0.5, 0.6) is 0 Å². The maximum atomic E-state index is 5.80. The van der Waals surface area contributed by atoms with Crippen LogP contribution in [0, 0.1) is 0 Å². The topological polar surface area (TPSA) is 53.1 Å². The Balaban J connectivity index is 2.05. The van der Waals surface area contributed by atoms with Crippen molar-refractivity contribution in [3.05, 3.63) is 30.1 Å². The van der Waals surface area contributed by atoms with Crippen LogP contribution in [-0.2, 0) is 11.3 Å². The van der Waals surface area contributed by atoms with Gasteiger partial charge in [0.1, 0.15) is 6.23 Å². The molecule has 4 heteroatoms. The summed E-state index contributed by atoms with van der Waals surface area (Å²) >= 11 is 0. The molecule has 1 atom stereocenters. The smallest absolute Gasteiger partial charge is 0.135 e. The Morgan fingerprint density at radius 2 is 2.35 bits per heavy atom. The van der Waals surface area contributed by atoms with Gasteiger partial charge in [-0.2, -0.15) is 0 Å². The lowest BCUT2D eigenvalue weighted by Gasteiger charge is -2.24. The molecule has 1 fully saturated rings. The van der Waals surface area contributed by atoms with Gasteiger partial charge in [0.15, 0.2) is 0 Å². The van der Waals surface area contributed by atoms with Gasteiger partial charge in [0.25, 0.3) is 0 Å². The molecule has 1 aliphatic rings. The van der Waals surface area contributed by atoms with Gasteiger partial charge < -0.3 is 15.0 Å². The summed E-state index contributed by atoms with van der Waals surface area (Å²) in [7, 11) is 0. The third-order valence-corrected chi connectivity index (χ3v) is 3.37. The number of imidazole rings is 1. The average Bonchev–Trinajstić information content (AvgIpc) is 2.83. The summed E-state index contributed by atoms with van der Waals surface area (Å²) in [5.41, 5.74) is 8.95. The van der Waals surface area contributed by atoms with Crippen molar-refractivity contribution in [2.75, 3.05) is 6.61 Å². The molecule has 90 valence electrons. The third kappa shape index (κ3) is 1.83. The first-order valence-corrected chi connectivity index (χ1v) is 6.16. The summed E-state index contributed by atoms with van der Waals surface area (Å²) in [6.45, 7) is 1.38. The fourth-order valence-corrected chi connectivity index (χ4v) is 2.45. The Morgan fingerprint density at radius 1 is 1.41 bits per heavy atom. The number of ether oxygens (including phenoxy) is 1. The molecule has 4 nitrogen and oxygen atoms in total. The van der Waals surface area contributed by atoms with E-state index in [2.05, 4.69) is 15.6 Å². The van der Waals surface area contributed by atoms with Crippen LogP contribution >= 0.6 is 0 Å². The minimum absolute atomic E-state index is 0.141. The lowest BCUT2D eigenvalue weighted by atomic mass is 10.1. The van der Waals surface area contributed by atoms with Crippen molar-refractivity contribution >= 4 is 11.0 Å². The van der Waals surface area contributed by atoms with Gasteiger partial charge in [-0.15, -0.1) is 0 Å². The molecule has 1 aliphatic heterocycles. The molecule has 0 saturated carbocycles. The Hall–Kier alpha value is -1.39. The fraction of sp³-hybridized carbons (Fsp3) is 0.462. The van der Waals surface area contributed by atoms with E-state index >= 15 is 0 Å². The van der Waals surface area contributed by atoms with E-state index in [4.69, 9.17) is 10.5 Å². The fourth-order valence-electron chi connectivity index (χ4n) is 2.45. The number of para-hydroxylation sites is 1. The number of hydrogen-bond donors (Lipinski definition) is 1. The van der Waals surface area contributed by atoms with Crippen LogP contribution in [0.1, 0.15) is 31.1 Å². The van der Waals surface area contributed by atoms with Gasteiger partial charge >= 0.3 is 0 Å². The zero-order chi connectivity index (χ0) is 11.7. The van der Waals surface area contributed by atoms with Crippen molar-refractivity contribution < 1.29 is 4.74 Å². The summed E-state index contributed by atoms with van der Waals surface area (Å²) in [6.07, 6.45) is 5.47. The average molecular weight is 231 g/mol. The minimum Gasteiger partial charge on any atom is -0.358 e. The van der Waals surface area contributed by atoms with Crippen molar-refractivity contribution in [1.82, 2.24) is 9.55 Å². The second-order valence-corrected chi connectivity index (χ2v) is 4.46. The van der Waals surface area contributed by atoms with Gasteiger partial charge in [0, 0.05) is 13.2 Å². The van der Waals surface area contributed by atoms with E-state index in [0.717, 1.165) is 36.0 Å². The molecule has 0 bridgehead atoms. The predicted octanol–water partition coefficient (Wildman–Crippen LogP) is 2.19. The molecule has 1 aromatic carbocycles. The first-order valence-electron chi connectivity index (χ1n) is 6.16. The van der Waals surface area contributed by atoms with Crippen molar-refractivity contribution in [1.29, 1.82) is 0 Å². The number of nitrogens with zero attached hydrogens (tertiary/aromatic N) is 2. The second-order valence-electron chi connectivity index (χ2n) is 4.46.